The summed E-state index contributed by atoms with van der Waals surface area (Å²) in [5, 5.41) is 0. The van der Waals surface area contributed by atoms with Crippen molar-refractivity contribution in [1.82, 2.24) is 0 Å². The Kier molecular flexibility index (Phi) is 8.04. The number of Topliss-reactive ketones (excluding diaryl/α,β-unsaturated/α-hetero) is 2. The number of hydrogen-bond donors (Lipinski definition) is 0. The first-order valence-corrected chi connectivity index (χ1v) is 12.1. The molecule has 168 valence electrons. The Hall–Kier alpha value is -1.79. The van der Waals surface area contributed by atoms with Crippen LogP contribution in [0.1, 0.15) is 81.3 Å². The van der Waals surface area contributed by atoms with Crippen LogP contribution in [0.4, 0.5) is 0 Å². The van der Waals surface area contributed by atoms with E-state index in [9.17, 15) is 9.59 Å². The van der Waals surface area contributed by atoms with Gasteiger partial charge in [0.2, 0.25) is 0 Å². The molecule has 2 aromatic rings. The molecular formula is C28H39O2P. The Morgan fingerprint density at radius 3 is 1.39 bits per heavy atom. The maximum atomic E-state index is 14.1. The number of benzene rings is 2. The van der Waals surface area contributed by atoms with Crippen molar-refractivity contribution >= 4 is 20.8 Å². The lowest BCUT2D eigenvalue weighted by molar-refractivity contribution is 0.0641. The van der Waals surface area contributed by atoms with Gasteiger partial charge in [-0.3, -0.25) is 9.59 Å². The molecule has 0 bridgehead atoms. The van der Waals surface area contributed by atoms with Crippen LogP contribution in [0.15, 0.2) is 24.3 Å². The van der Waals surface area contributed by atoms with Gasteiger partial charge in [-0.25, -0.2) is 0 Å². The van der Waals surface area contributed by atoms with E-state index in [0.717, 1.165) is 46.0 Å². The molecular weight excluding hydrogens is 399 g/mol. The molecule has 0 N–H and O–H groups in total. The Morgan fingerprint density at radius 2 is 1.10 bits per heavy atom. The van der Waals surface area contributed by atoms with Gasteiger partial charge in [0.25, 0.3) is 0 Å². The fourth-order valence-corrected chi connectivity index (χ4v) is 5.52. The predicted octanol–water partition coefficient (Wildman–Crippen LogP) is 7.15. The Balaban J connectivity index is 2.71. The summed E-state index contributed by atoms with van der Waals surface area (Å²) >= 11 is 0. The molecule has 0 radical (unpaired) electrons. The summed E-state index contributed by atoms with van der Waals surface area (Å²) < 4.78 is 0. The van der Waals surface area contributed by atoms with Crippen LogP contribution in [-0.2, 0) is 0 Å². The summed E-state index contributed by atoms with van der Waals surface area (Å²) in [6, 6.07) is 8.18. The van der Waals surface area contributed by atoms with Crippen LogP contribution < -0.4 is 0 Å². The summed E-state index contributed by atoms with van der Waals surface area (Å²) in [7, 11) is 2.79. The highest BCUT2D eigenvalue weighted by Gasteiger charge is 2.43. The van der Waals surface area contributed by atoms with Crippen LogP contribution in [0.5, 0.6) is 0 Å². The van der Waals surface area contributed by atoms with E-state index >= 15 is 0 Å². The minimum absolute atomic E-state index is 0.0414. The molecule has 2 unspecified atom stereocenters. The Labute approximate surface area is 191 Å². The summed E-state index contributed by atoms with van der Waals surface area (Å²) in [4.78, 5) is 28.2. The van der Waals surface area contributed by atoms with Gasteiger partial charge < -0.3 is 0 Å². The zero-order chi connectivity index (χ0) is 23.7. The van der Waals surface area contributed by atoms with Gasteiger partial charge in [-0.1, -0.05) is 56.2 Å². The lowest BCUT2D eigenvalue weighted by atomic mass is 9.66. The quantitative estimate of drug-likeness (QED) is 0.249. The molecule has 0 amide bonds. The molecule has 2 nitrogen and oxygen atoms in total. The molecule has 2 rings (SSSR count). The molecule has 0 fully saturated rings. The van der Waals surface area contributed by atoms with Crippen molar-refractivity contribution in [1.29, 1.82) is 0 Å². The molecule has 2 aromatic carbocycles. The van der Waals surface area contributed by atoms with Gasteiger partial charge in [-0.05, 0) is 87.7 Å². The van der Waals surface area contributed by atoms with Crippen LogP contribution in [0.3, 0.4) is 0 Å². The van der Waals surface area contributed by atoms with Crippen LogP contribution in [0, 0.1) is 58.8 Å². The monoisotopic (exact) mass is 438 g/mol. The van der Waals surface area contributed by atoms with Crippen LogP contribution in [-0.4, -0.2) is 17.7 Å². The number of aryl methyl sites for hydroxylation is 6. The van der Waals surface area contributed by atoms with E-state index in [4.69, 9.17) is 0 Å². The number of carbonyl (C=O) groups is 2. The Morgan fingerprint density at radius 1 is 0.774 bits per heavy atom. The van der Waals surface area contributed by atoms with E-state index < -0.39 is 11.3 Å². The topological polar surface area (TPSA) is 34.1 Å². The minimum Gasteiger partial charge on any atom is -0.293 e. The van der Waals surface area contributed by atoms with Gasteiger partial charge in [-0.15, -0.1) is 9.24 Å². The molecule has 0 saturated heterocycles. The van der Waals surface area contributed by atoms with Crippen molar-refractivity contribution in [2.75, 3.05) is 6.16 Å². The van der Waals surface area contributed by atoms with E-state index in [0.29, 0.717) is 17.0 Å². The molecule has 0 aliphatic rings. The predicted molar refractivity (Wildman–Crippen MR) is 136 cm³/mol. The first-order chi connectivity index (χ1) is 14.3. The molecule has 2 atom stereocenters. The van der Waals surface area contributed by atoms with Gasteiger partial charge in [0.05, 0.1) is 5.92 Å². The fourth-order valence-electron chi connectivity index (χ4n) is 5.35. The van der Waals surface area contributed by atoms with Gasteiger partial charge in [0, 0.05) is 11.1 Å². The van der Waals surface area contributed by atoms with Crippen LogP contribution in [0.2, 0.25) is 0 Å². The van der Waals surface area contributed by atoms with Crippen molar-refractivity contribution < 1.29 is 9.59 Å². The van der Waals surface area contributed by atoms with Gasteiger partial charge in [0.1, 0.15) is 0 Å². The third-order valence-corrected chi connectivity index (χ3v) is 7.23. The number of hydrogen-bond acceptors (Lipinski definition) is 2. The fraction of sp³-hybridized carbons (Fsp3) is 0.500. The second-order valence-electron chi connectivity index (χ2n) is 10.2. The molecule has 0 saturated carbocycles. The second kappa shape index (κ2) is 9.78. The smallest absolute Gasteiger partial charge is 0.174 e. The van der Waals surface area contributed by atoms with E-state index in [1.165, 1.54) is 0 Å². The van der Waals surface area contributed by atoms with Gasteiger partial charge in [0.15, 0.2) is 11.6 Å². The second-order valence-corrected chi connectivity index (χ2v) is 10.7. The van der Waals surface area contributed by atoms with Gasteiger partial charge >= 0.3 is 0 Å². The highest BCUT2D eigenvalue weighted by Crippen LogP contribution is 2.40. The molecule has 0 aliphatic heterocycles. The molecule has 3 heteroatoms. The molecule has 31 heavy (non-hydrogen) atoms. The standard InChI is InChI=1S/C28H39O2P/c1-16-10-19(4)23(20(5)11-16)26(29)25(28(8,9)14-18(3)15-31)27(30)24-21(6)12-17(2)13-22(24)7/h10-13,18,25H,14-15,31H2,1-9H3. The van der Waals surface area contributed by atoms with Crippen molar-refractivity contribution in [3.05, 3.63) is 68.8 Å². The van der Waals surface area contributed by atoms with Crippen molar-refractivity contribution in [3.8, 4) is 0 Å². The van der Waals surface area contributed by atoms with E-state index in [2.05, 4.69) is 30.0 Å². The molecule has 0 spiro atoms. The zero-order valence-electron chi connectivity index (χ0n) is 20.8. The molecule has 0 aliphatic carbocycles. The SMILES string of the molecule is Cc1cc(C)c(C(=O)C(C(=O)c2c(C)cc(C)cc2C)C(C)(C)CC(C)CP)c(C)c1. The average molecular weight is 439 g/mol. The van der Waals surface area contributed by atoms with E-state index in [-0.39, 0.29) is 11.6 Å². The maximum absolute atomic E-state index is 14.1. The summed E-state index contributed by atoms with van der Waals surface area (Å²) in [6.07, 6.45) is 1.76. The first-order valence-electron chi connectivity index (χ1n) is 11.2. The summed E-state index contributed by atoms with van der Waals surface area (Å²) in [5.41, 5.74) is 7.03. The normalized spacial score (nSPS) is 12.9. The Bertz CT molecular complexity index is 885. The number of carbonyl (C=O) groups excluding carboxylic acids is 2. The van der Waals surface area contributed by atoms with Gasteiger partial charge in [-0.2, -0.15) is 0 Å². The van der Waals surface area contributed by atoms with Crippen LogP contribution >= 0.6 is 9.24 Å². The minimum atomic E-state index is -0.716. The van der Waals surface area contributed by atoms with Crippen molar-refractivity contribution in [2.45, 2.75) is 68.7 Å². The third-order valence-electron chi connectivity index (χ3n) is 6.43. The highest BCUT2D eigenvalue weighted by molar-refractivity contribution is 7.16. The third kappa shape index (κ3) is 5.53. The number of ketones is 2. The van der Waals surface area contributed by atoms with E-state index in [1.807, 2.05) is 65.8 Å². The lowest BCUT2D eigenvalue weighted by Gasteiger charge is -2.35. The lowest BCUT2D eigenvalue weighted by Crippen LogP contribution is -2.40. The van der Waals surface area contributed by atoms with E-state index in [1.54, 1.807) is 0 Å². The summed E-state index contributed by atoms with van der Waals surface area (Å²) in [5.74, 6) is -0.393. The molecule has 0 heterocycles. The number of rotatable bonds is 8. The first kappa shape index (κ1) is 25.5. The molecule has 0 aromatic heterocycles. The maximum Gasteiger partial charge on any atom is 0.174 e. The van der Waals surface area contributed by atoms with Crippen molar-refractivity contribution in [2.24, 2.45) is 17.3 Å². The summed E-state index contributed by atoms with van der Waals surface area (Å²) in [6.45, 7) is 18.4. The largest absolute Gasteiger partial charge is 0.293 e. The van der Waals surface area contributed by atoms with Crippen LogP contribution in [0.25, 0.3) is 0 Å². The zero-order valence-corrected chi connectivity index (χ0v) is 21.9. The highest BCUT2D eigenvalue weighted by atomic mass is 31.0. The van der Waals surface area contributed by atoms with Crippen molar-refractivity contribution in [3.63, 3.8) is 0 Å². The average Bonchev–Trinajstić information content (AvgIpc) is 2.59.